The molecule has 0 saturated carbocycles. The SMILES string of the molecule is CCC(Nc1nc(OC)ncc1Cl)c1ccccc1. The molecule has 0 aliphatic carbocycles. The van der Waals surface area contributed by atoms with Gasteiger partial charge in [0.2, 0.25) is 0 Å². The molecule has 0 fully saturated rings. The number of hydrogen-bond acceptors (Lipinski definition) is 4. The zero-order chi connectivity index (χ0) is 13.7. The van der Waals surface area contributed by atoms with Crippen LogP contribution in [0.15, 0.2) is 36.5 Å². The second kappa shape index (κ2) is 6.38. The predicted octanol–water partition coefficient (Wildman–Crippen LogP) is 3.70. The Balaban J connectivity index is 2.23. The number of halogens is 1. The summed E-state index contributed by atoms with van der Waals surface area (Å²) in [4.78, 5) is 8.19. The van der Waals surface area contributed by atoms with Gasteiger partial charge in [-0.25, -0.2) is 4.98 Å². The summed E-state index contributed by atoms with van der Waals surface area (Å²) in [6, 6.07) is 10.6. The molecule has 0 bridgehead atoms. The Morgan fingerprint density at radius 3 is 2.68 bits per heavy atom. The molecule has 1 aromatic heterocycles. The predicted molar refractivity (Wildman–Crippen MR) is 76.7 cm³/mol. The van der Waals surface area contributed by atoms with Gasteiger partial charge in [0.25, 0.3) is 0 Å². The topological polar surface area (TPSA) is 47.0 Å². The summed E-state index contributed by atoms with van der Waals surface area (Å²) in [7, 11) is 1.53. The van der Waals surface area contributed by atoms with Gasteiger partial charge in [-0.1, -0.05) is 48.9 Å². The van der Waals surface area contributed by atoms with Crippen LogP contribution in [0.1, 0.15) is 24.9 Å². The van der Waals surface area contributed by atoms with Crippen LogP contribution in [-0.2, 0) is 0 Å². The van der Waals surface area contributed by atoms with Gasteiger partial charge in [0.05, 0.1) is 19.3 Å². The van der Waals surface area contributed by atoms with E-state index < -0.39 is 0 Å². The van der Waals surface area contributed by atoms with E-state index in [1.54, 1.807) is 0 Å². The highest BCUT2D eigenvalue weighted by Crippen LogP contribution is 2.26. The maximum absolute atomic E-state index is 6.10. The van der Waals surface area contributed by atoms with E-state index in [0.29, 0.717) is 16.9 Å². The lowest BCUT2D eigenvalue weighted by atomic mass is 10.0. The van der Waals surface area contributed by atoms with Crippen LogP contribution in [-0.4, -0.2) is 17.1 Å². The number of rotatable bonds is 5. The number of benzene rings is 1. The first-order valence-electron chi connectivity index (χ1n) is 6.12. The summed E-state index contributed by atoms with van der Waals surface area (Å²) in [5, 5.41) is 3.81. The summed E-state index contributed by atoms with van der Waals surface area (Å²) in [6.45, 7) is 2.11. The molecule has 0 amide bonds. The Hall–Kier alpha value is -1.81. The molecule has 0 aliphatic heterocycles. The van der Waals surface area contributed by atoms with Gasteiger partial charge in [0, 0.05) is 0 Å². The van der Waals surface area contributed by atoms with E-state index in [-0.39, 0.29) is 6.04 Å². The first kappa shape index (κ1) is 13.6. The van der Waals surface area contributed by atoms with E-state index in [1.165, 1.54) is 18.9 Å². The highest BCUT2D eigenvalue weighted by atomic mass is 35.5. The maximum Gasteiger partial charge on any atom is 0.318 e. The Kier molecular flexibility index (Phi) is 4.58. The van der Waals surface area contributed by atoms with Crippen molar-refractivity contribution in [3.63, 3.8) is 0 Å². The molecule has 4 nitrogen and oxygen atoms in total. The Labute approximate surface area is 117 Å². The minimum absolute atomic E-state index is 0.151. The van der Waals surface area contributed by atoms with Crippen molar-refractivity contribution in [3.8, 4) is 6.01 Å². The van der Waals surface area contributed by atoms with Crippen LogP contribution in [0.3, 0.4) is 0 Å². The van der Waals surface area contributed by atoms with E-state index in [2.05, 4.69) is 34.3 Å². The van der Waals surface area contributed by atoms with Gasteiger partial charge in [-0.05, 0) is 12.0 Å². The van der Waals surface area contributed by atoms with Gasteiger partial charge in [-0.3, -0.25) is 0 Å². The van der Waals surface area contributed by atoms with Crippen LogP contribution in [0.4, 0.5) is 5.82 Å². The molecule has 0 radical (unpaired) electrons. The molecule has 0 aliphatic rings. The summed E-state index contributed by atoms with van der Waals surface area (Å²) >= 11 is 6.10. The highest BCUT2D eigenvalue weighted by molar-refractivity contribution is 6.32. The van der Waals surface area contributed by atoms with Crippen LogP contribution < -0.4 is 10.1 Å². The van der Waals surface area contributed by atoms with Gasteiger partial charge in [-0.2, -0.15) is 4.98 Å². The fourth-order valence-electron chi connectivity index (χ4n) is 1.82. The molecular formula is C14H16ClN3O. The highest BCUT2D eigenvalue weighted by Gasteiger charge is 2.12. The number of hydrogen-bond donors (Lipinski definition) is 1. The molecule has 1 heterocycles. The second-order valence-electron chi connectivity index (χ2n) is 4.07. The van der Waals surface area contributed by atoms with Gasteiger partial charge in [0.15, 0.2) is 5.82 Å². The number of aromatic nitrogens is 2. The Morgan fingerprint density at radius 1 is 1.32 bits per heavy atom. The molecule has 2 rings (SSSR count). The van der Waals surface area contributed by atoms with Crippen molar-refractivity contribution in [2.75, 3.05) is 12.4 Å². The molecule has 5 heteroatoms. The maximum atomic E-state index is 6.10. The van der Waals surface area contributed by atoms with Gasteiger partial charge in [-0.15, -0.1) is 0 Å². The van der Waals surface area contributed by atoms with Crippen LogP contribution in [0, 0.1) is 0 Å². The monoisotopic (exact) mass is 277 g/mol. The van der Waals surface area contributed by atoms with Crippen LogP contribution in [0.25, 0.3) is 0 Å². The largest absolute Gasteiger partial charge is 0.467 e. The molecule has 1 atom stereocenters. The van der Waals surface area contributed by atoms with Crippen molar-refractivity contribution in [2.24, 2.45) is 0 Å². The number of nitrogens with zero attached hydrogens (tertiary/aromatic N) is 2. The molecule has 19 heavy (non-hydrogen) atoms. The first-order valence-corrected chi connectivity index (χ1v) is 6.50. The fraction of sp³-hybridized carbons (Fsp3) is 0.286. The van der Waals surface area contributed by atoms with Crippen molar-refractivity contribution in [3.05, 3.63) is 47.1 Å². The van der Waals surface area contributed by atoms with E-state index >= 15 is 0 Å². The summed E-state index contributed by atoms with van der Waals surface area (Å²) in [5.74, 6) is 0.587. The molecular weight excluding hydrogens is 262 g/mol. The average molecular weight is 278 g/mol. The van der Waals surface area contributed by atoms with Crippen molar-refractivity contribution in [1.82, 2.24) is 9.97 Å². The van der Waals surface area contributed by atoms with Gasteiger partial charge < -0.3 is 10.1 Å². The lowest BCUT2D eigenvalue weighted by Crippen LogP contribution is -2.11. The van der Waals surface area contributed by atoms with Crippen molar-refractivity contribution in [2.45, 2.75) is 19.4 Å². The normalized spacial score (nSPS) is 11.9. The zero-order valence-electron chi connectivity index (χ0n) is 10.9. The molecule has 1 unspecified atom stereocenters. The van der Waals surface area contributed by atoms with Crippen molar-refractivity contribution < 1.29 is 4.74 Å². The third-order valence-corrected chi connectivity index (χ3v) is 3.10. The average Bonchev–Trinajstić information content (AvgIpc) is 2.47. The van der Waals surface area contributed by atoms with E-state index in [1.807, 2.05) is 18.2 Å². The number of anilines is 1. The standard InChI is InChI=1S/C14H16ClN3O/c1-3-12(10-7-5-4-6-8-10)17-13-11(15)9-16-14(18-13)19-2/h4-9,12H,3H2,1-2H3,(H,16,17,18). The molecule has 1 aromatic carbocycles. The molecule has 0 spiro atoms. The fourth-order valence-corrected chi connectivity index (χ4v) is 1.97. The van der Waals surface area contributed by atoms with Crippen molar-refractivity contribution in [1.29, 1.82) is 0 Å². The van der Waals surface area contributed by atoms with E-state index in [4.69, 9.17) is 16.3 Å². The smallest absolute Gasteiger partial charge is 0.318 e. The first-order chi connectivity index (χ1) is 9.24. The minimum Gasteiger partial charge on any atom is -0.467 e. The van der Waals surface area contributed by atoms with Gasteiger partial charge in [0.1, 0.15) is 5.02 Å². The zero-order valence-corrected chi connectivity index (χ0v) is 11.7. The summed E-state index contributed by atoms with van der Waals surface area (Å²) < 4.78 is 5.01. The van der Waals surface area contributed by atoms with Crippen LogP contribution in [0.2, 0.25) is 5.02 Å². The van der Waals surface area contributed by atoms with E-state index in [0.717, 1.165) is 6.42 Å². The number of ether oxygens (including phenoxy) is 1. The second-order valence-corrected chi connectivity index (χ2v) is 4.48. The van der Waals surface area contributed by atoms with E-state index in [9.17, 15) is 0 Å². The lowest BCUT2D eigenvalue weighted by Gasteiger charge is -2.18. The third-order valence-electron chi connectivity index (χ3n) is 2.83. The number of methoxy groups -OCH3 is 1. The van der Waals surface area contributed by atoms with Crippen molar-refractivity contribution >= 4 is 17.4 Å². The molecule has 2 aromatic rings. The molecule has 1 N–H and O–H groups in total. The summed E-state index contributed by atoms with van der Waals surface area (Å²) in [5.41, 5.74) is 1.19. The summed E-state index contributed by atoms with van der Waals surface area (Å²) in [6.07, 6.45) is 2.46. The number of nitrogens with one attached hydrogen (secondary N) is 1. The quantitative estimate of drug-likeness (QED) is 0.905. The lowest BCUT2D eigenvalue weighted by molar-refractivity contribution is 0.380. The Bertz CT molecular complexity index is 533. The van der Waals surface area contributed by atoms with Crippen LogP contribution >= 0.6 is 11.6 Å². The Morgan fingerprint density at radius 2 is 2.05 bits per heavy atom. The minimum atomic E-state index is 0.151. The third kappa shape index (κ3) is 3.35. The van der Waals surface area contributed by atoms with Crippen LogP contribution in [0.5, 0.6) is 6.01 Å². The molecule has 100 valence electrons. The van der Waals surface area contributed by atoms with Gasteiger partial charge >= 0.3 is 6.01 Å². The molecule has 0 saturated heterocycles.